The second kappa shape index (κ2) is 8.58. The zero-order chi connectivity index (χ0) is 12.3. The molecule has 94 valence electrons. The molecule has 0 spiro atoms. The van der Waals surface area contributed by atoms with Crippen molar-refractivity contribution in [1.82, 2.24) is 0 Å². The largest absolute Gasteiger partial charge is 0.447 e. The van der Waals surface area contributed by atoms with Crippen LogP contribution in [-0.4, -0.2) is 25.9 Å². The number of rotatable bonds is 7. The standard InChI is InChI=1S/C13H19NO3/c1-2-3-9-16-10-11-17-13(15)14-12-7-5-4-6-8-12/h4-8H,2-3,9-11H2,1H3,(H,14,15). The lowest BCUT2D eigenvalue weighted by atomic mass is 10.3. The summed E-state index contributed by atoms with van der Waals surface area (Å²) in [4.78, 5) is 11.3. The molecule has 0 bridgehead atoms. The third-order valence-corrected chi connectivity index (χ3v) is 2.12. The van der Waals surface area contributed by atoms with Crippen LogP contribution in [-0.2, 0) is 9.47 Å². The summed E-state index contributed by atoms with van der Waals surface area (Å²) in [5, 5.41) is 2.63. The average Bonchev–Trinajstić information content (AvgIpc) is 2.35. The topological polar surface area (TPSA) is 47.6 Å². The minimum absolute atomic E-state index is 0.280. The summed E-state index contributed by atoms with van der Waals surface area (Å²) in [6.45, 7) is 3.55. The predicted molar refractivity (Wildman–Crippen MR) is 67.1 cm³/mol. The third kappa shape index (κ3) is 6.58. The Morgan fingerprint density at radius 2 is 1.94 bits per heavy atom. The SMILES string of the molecule is CCCCOCCOC(=O)Nc1ccccc1. The van der Waals surface area contributed by atoms with Crippen molar-refractivity contribution in [1.29, 1.82) is 0 Å². The van der Waals surface area contributed by atoms with E-state index in [1.165, 1.54) is 0 Å². The van der Waals surface area contributed by atoms with E-state index in [4.69, 9.17) is 9.47 Å². The van der Waals surface area contributed by atoms with Crippen molar-refractivity contribution in [2.24, 2.45) is 0 Å². The lowest BCUT2D eigenvalue weighted by Gasteiger charge is -2.07. The van der Waals surface area contributed by atoms with E-state index in [0.29, 0.717) is 6.61 Å². The highest BCUT2D eigenvalue weighted by atomic mass is 16.6. The van der Waals surface area contributed by atoms with Gasteiger partial charge in [-0.15, -0.1) is 0 Å². The monoisotopic (exact) mass is 237 g/mol. The smallest absolute Gasteiger partial charge is 0.411 e. The first-order valence-corrected chi connectivity index (χ1v) is 5.89. The molecule has 4 heteroatoms. The number of carbonyl (C=O) groups is 1. The number of carbonyl (C=O) groups excluding carboxylic acids is 1. The maximum Gasteiger partial charge on any atom is 0.411 e. The van der Waals surface area contributed by atoms with Gasteiger partial charge < -0.3 is 9.47 Å². The van der Waals surface area contributed by atoms with Gasteiger partial charge in [0.05, 0.1) is 6.61 Å². The summed E-state index contributed by atoms with van der Waals surface area (Å²) in [7, 11) is 0. The Labute approximate surface area is 102 Å². The Morgan fingerprint density at radius 3 is 2.65 bits per heavy atom. The maximum absolute atomic E-state index is 11.3. The Kier molecular flexibility index (Phi) is 6.82. The zero-order valence-corrected chi connectivity index (χ0v) is 10.1. The molecule has 0 heterocycles. The quantitative estimate of drug-likeness (QED) is 0.741. The molecule has 1 N–H and O–H groups in total. The minimum Gasteiger partial charge on any atom is -0.447 e. The van der Waals surface area contributed by atoms with Gasteiger partial charge in [0.15, 0.2) is 0 Å². The van der Waals surface area contributed by atoms with Crippen LogP contribution in [0, 0.1) is 0 Å². The Balaban J connectivity index is 2.06. The molecule has 0 saturated carbocycles. The van der Waals surface area contributed by atoms with Crippen LogP contribution >= 0.6 is 0 Å². The van der Waals surface area contributed by atoms with Crippen LogP contribution in [0.25, 0.3) is 0 Å². The summed E-state index contributed by atoms with van der Waals surface area (Å²) in [5.41, 5.74) is 0.726. The summed E-state index contributed by atoms with van der Waals surface area (Å²) in [5.74, 6) is 0. The highest BCUT2D eigenvalue weighted by Crippen LogP contribution is 2.04. The number of benzene rings is 1. The molecule has 0 aliphatic rings. The molecule has 4 nitrogen and oxygen atoms in total. The van der Waals surface area contributed by atoms with Gasteiger partial charge in [0.25, 0.3) is 0 Å². The normalized spacial score (nSPS) is 9.94. The van der Waals surface area contributed by atoms with Crippen LogP contribution in [0.4, 0.5) is 10.5 Å². The van der Waals surface area contributed by atoms with E-state index in [1.54, 1.807) is 12.1 Å². The predicted octanol–water partition coefficient (Wildman–Crippen LogP) is 3.05. The van der Waals surface area contributed by atoms with Crippen molar-refractivity contribution >= 4 is 11.8 Å². The van der Waals surface area contributed by atoms with Gasteiger partial charge in [0.2, 0.25) is 0 Å². The van der Waals surface area contributed by atoms with E-state index < -0.39 is 6.09 Å². The molecule has 0 aliphatic heterocycles. The van der Waals surface area contributed by atoms with E-state index >= 15 is 0 Å². The highest BCUT2D eigenvalue weighted by Gasteiger charge is 2.01. The molecular formula is C13H19NO3. The first-order chi connectivity index (χ1) is 8.33. The van der Waals surface area contributed by atoms with Crippen LogP contribution in [0.2, 0.25) is 0 Å². The molecule has 0 aliphatic carbocycles. The van der Waals surface area contributed by atoms with Gasteiger partial charge in [0, 0.05) is 12.3 Å². The highest BCUT2D eigenvalue weighted by molar-refractivity contribution is 5.84. The molecule has 0 fully saturated rings. The van der Waals surface area contributed by atoms with E-state index in [9.17, 15) is 4.79 Å². The first kappa shape index (κ1) is 13.5. The van der Waals surface area contributed by atoms with E-state index in [1.807, 2.05) is 18.2 Å². The molecule has 1 aromatic carbocycles. The van der Waals surface area contributed by atoms with Crippen LogP contribution in [0.3, 0.4) is 0 Å². The number of hydrogen-bond donors (Lipinski definition) is 1. The zero-order valence-electron chi connectivity index (χ0n) is 10.1. The van der Waals surface area contributed by atoms with Crippen molar-refractivity contribution in [3.8, 4) is 0 Å². The Hall–Kier alpha value is -1.55. The minimum atomic E-state index is -0.449. The summed E-state index contributed by atoms with van der Waals surface area (Å²) in [6.07, 6.45) is 1.70. The molecule has 0 radical (unpaired) electrons. The Bertz CT molecular complexity index is 314. The number of para-hydroxylation sites is 1. The number of hydrogen-bond acceptors (Lipinski definition) is 3. The van der Waals surface area contributed by atoms with Crippen molar-refractivity contribution in [2.45, 2.75) is 19.8 Å². The van der Waals surface area contributed by atoms with Crippen molar-refractivity contribution in [3.63, 3.8) is 0 Å². The van der Waals surface area contributed by atoms with Crippen molar-refractivity contribution in [2.75, 3.05) is 25.1 Å². The summed E-state index contributed by atoms with van der Waals surface area (Å²) < 4.78 is 10.2. The molecular weight excluding hydrogens is 218 g/mol. The van der Waals surface area contributed by atoms with Crippen molar-refractivity contribution in [3.05, 3.63) is 30.3 Å². The lowest BCUT2D eigenvalue weighted by Crippen LogP contribution is -2.16. The number of unbranched alkanes of at least 4 members (excludes halogenated alkanes) is 1. The van der Waals surface area contributed by atoms with Gasteiger partial charge in [-0.2, -0.15) is 0 Å². The number of nitrogens with one attached hydrogen (secondary N) is 1. The molecule has 17 heavy (non-hydrogen) atoms. The molecule has 0 atom stereocenters. The molecule has 1 aromatic rings. The van der Waals surface area contributed by atoms with Crippen molar-refractivity contribution < 1.29 is 14.3 Å². The lowest BCUT2D eigenvalue weighted by molar-refractivity contribution is 0.0768. The first-order valence-electron chi connectivity index (χ1n) is 5.89. The summed E-state index contributed by atoms with van der Waals surface area (Å²) in [6, 6.07) is 9.20. The van der Waals surface area contributed by atoms with Gasteiger partial charge in [-0.05, 0) is 18.6 Å². The number of anilines is 1. The van der Waals surface area contributed by atoms with Crippen LogP contribution in [0.5, 0.6) is 0 Å². The van der Waals surface area contributed by atoms with Gasteiger partial charge in [0.1, 0.15) is 6.61 Å². The fourth-order valence-corrected chi connectivity index (χ4v) is 1.22. The second-order valence-electron chi connectivity index (χ2n) is 3.59. The van der Waals surface area contributed by atoms with E-state index in [2.05, 4.69) is 12.2 Å². The molecule has 0 saturated heterocycles. The average molecular weight is 237 g/mol. The van der Waals surface area contributed by atoms with Crippen LogP contribution in [0.15, 0.2) is 30.3 Å². The van der Waals surface area contributed by atoms with E-state index in [-0.39, 0.29) is 6.61 Å². The maximum atomic E-state index is 11.3. The molecule has 0 unspecified atom stereocenters. The summed E-state index contributed by atoms with van der Waals surface area (Å²) >= 11 is 0. The van der Waals surface area contributed by atoms with Gasteiger partial charge in [-0.1, -0.05) is 31.5 Å². The van der Waals surface area contributed by atoms with E-state index in [0.717, 1.165) is 25.1 Å². The second-order valence-corrected chi connectivity index (χ2v) is 3.59. The molecule has 1 amide bonds. The van der Waals surface area contributed by atoms with Crippen LogP contribution in [0.1, 0.15) is 19.8 Å². The van der Waals surface area contributed by atoms with Gasteiger partial charge in [-0.3, -0.25) is 5.32 Å². The Morgan fingerprint density at radius 1 is 1.18 bits per heavy atom. The number of amides is 1. The fraction of sp³-hybridized carbons (Fsp3) is 0.462. The molecule has 0 aromatic heterocycles. The molecule has 1 rings (SSSR count). The van der Waals surface area contributed by atoms with Gasteiger partial charge >= 0.3 is 6.09 Å². The third-order valence-electron chi connectivity index (χ3n) is 2.12. The van der Waals surface area contributed by atoms with Crippen LogP contribution < -0.4 is 5.32 Å². The van der Waals surface area contributed by atoms with Gasteiger partial charge in [-0.25, -0.2) is 4.79 Å². The fourth-order valence-electron chi connectivity index (χ4n) is 1.22. The number of ether oxygens (including phenoxy) is 2.